The molecule has 1 aliphatic rings. The van der Waals surface area contributed by atoms with E-state index in [0.29, 0.717) is 19.6 Å². The van der Waals surface area contributed by atoms with Crippen LogP contribution in [0.1, 0.15) is 24.0 Å². The van der Waals surface area contributed by atoms with Crippen LogP contribution in [0.25, 0.3) is 0 Å². The van der Waals surface area contributed by atoms with E-state index in [2.05, 4.69) is 5.92 Å². The van der Waals surface area contributed by atoms with E-state index in [1.807, 2.05) is 31.2 Å². The lowest BCUT2D eigenvalue weighted by Crippen LogP contribution is -2.42. The van der Waals surface area contributed by atoms with Crippen LogP contribution in [-0.2, 0) is 16.8 Å². The van der Waals surface area contributed by atoms with Crippen molar-refractivity contribution in [1.82, 2.24) is 8.61 Å². The van der Waals surface area contributed by atoms with Gasteiger partial charge in [0.2, 0.25) is 0 Å². The van der Waals surface area contributed by atoms with Gasteiger partial charge in [-0.25, -0.2) is 0 Å². The monoisotopic (exact) mass is 292 g/mol. The van der Waals surface area contributed by atoms with Gasteiger partial charge in [-0.05, 0) is 25.3 Å². The molecule has 0 N–H and O–H groups in total. The van der Waals surface area contributed by atoms with E-state index in [0.717, 1.165) is 24.0 Å². The number of rotatable bonds is 5. The molecule has 0 saturated carbocycles. The summed E-state index contributed by atoms with van der Waals surface area (Å²) in [7, 11) is -3.45. The van der Waals surface area contributed by atoms with Gasteiger partial charge in [-0.3, -0.25) is 0 Å². The van der Waals surface area contributed by atoms with Gasteiger partial charge in [0.15, 0.2) is 0 Å². The minimum Gasteiger partial charge on any atom is -0.195 e. The van der Waals surface area contributed by atoms with Gasteiger partial charge in [-0.2, -0.15) is 17.0 Å². The summed E-state index contributed by atoms with van der Waals surface area (Å²) >= 11 is 0. The lowest BCUT2D eigenvalue weighted by Gasteiger charge is -2.25. The Balaban J connectivity index is 2.18. The van der Waals surface area contributed by atoms with E-state index in [1.54, 1.807) is 0 Å². The van der Waals surface area contributed by atoms with Crippen LogP contribution in [0.5, 0.6) is 0 Å². The highest BCUT2D eigenvalue weighted by Crippen LogP contribution is 2.18. The summed E-state index contributed by atoms with van der Waals surface area (Å²) in [5.74, 6) is 2.45. The topological polar surface area (TPSA) is 40.6 Å². The Labute approximate surface area is 121 Å². The molecule has 0 amide bonds. The Bertz CT molecular complexity index is 581. The second-order valence-corrected chi connectivity index (χ2v) is 7.00. The first-order valence-corrected chi connectivity index (χ1v) is 8.18. The number of hydrogen-bond acceptors (Lipinski definition) is 2. The van der Waals surface area contributed by atoms with Gasteiger partial charge in [0.1, 0.15) is 0 Å². The number of nitrogens with zero attached hydrogens (tertiary/aromatic N) is 2. The van der Waals surface area contributed by atoms with Gasteiger partial charge in [0.05, 0.1) is 6.54 Å². The van der Waals surface area contributed by atoms with Gasteiger partial charge in [0, 0.05) is 19.6 Å². The second-order valence-electron chi connectivity index (χ2n) is 5.07. The van der Waals surface area contributed by atoms with Gasteiger partial charge >= 0.3 is 0 Å². The average molecular weight is 292 g/mol. The molecular weight excluding hydrogens is 272 g/mol. The lowest BCUT2D eigenvalue weighted by molar-refractivity contribution is 0.377. The Morgan fingerprint density at radius 1 is 1.25 bits per heavy atom. The van der Waals surface area contributed by atoms with Crippen LogP contribution in [-0.4, -0.2) is 36.7 Å². The van der Waals surface area contributed by atoms with Gasteiger partial charge in [-0.15, -0.1) is 6.42 Å². The minimum atomic E-state index is -3.45. The number of hydrogen-bond donors (Lipinski definition) is 0. The van der Waals surface area contributed by atoms with E-state index in [1.165, 1.54) is 8.61 Å². The molecule has 1 fully saturated rings. The molecule has 1 aliphatic heterocycles. The Kier molecular flexibility index (Phi) is 4.81. The van der Waals surface area contributed by atoms with Crippen molar-refractivity contribution in [3.63, 3.8) is 0 Å². The summed E-state index contributed by atoms with van der Waals surface area (Å²) in [6.07, 6.45) is 7.18. The minimum absolute atomic E-state index is 0.104. The van der Waals surface area contributed by atoms with E-state index in [-0.39, 0.29) is 6.54 Å². The Morgan fingerprint density at radius 2 is 1.85 bits per heavy atom. The van der Waals surface area contributed by atoms with Crippen LogP contribution in [0.15, 0.2) is 24.3 Å². The predicted octanol–water partition coefficient (Wildman–Crippen LogP) is 1.77. The predicted molar refractivity (Wildman–Crippen MR) is 80.1 cm³/mol. The second kappa shape index (κ2) is 6.40. The molecule has 0 aromatic heterocycles. The molecular formula is C15H20N2O2S. The highest BCUT2D eigenvalue weighted by molar-refractivity contribution is 7.86. The van der Waals surface area contributed by atoms with Gasteiger partial charge < -0.3 is 0 Å². The maximum Gasteiger partial charge on any atom is 0.283 e. The molecule has 5 heteroatoms. The molecule has 0 atom stereocenters. The molecule has 2 rings (SSSR count). The maximum atomic E-state index is 12.6. The van der Waals surface area contributed by atoms with Crippen molar-refractivity contribution >= 4 is 10.2 Å². The zero-order chi connectivity index (χ0) is 14.6. The first-order chi connectivity index (χ1) is 9.54. The van der Waals surface area contributed by atoms with Crippen LogP contribution in [0, 0.1) is 19.3 Å². The molecule has 1 heterocycles. The highest BCUT2D eigenvalue weighted by Gasteiger charge is 2.31. The molecule has 1 aromatic carbocycles. The van der Waals surface area contributed by atoms with Crippen molar-refractivity contribution in [2.45, 2.75) is 26.3 Å². The summed E-state index contributed by atoms with van der Waals surface area (Å²) in [5, 5.41) is 0. The molecule has 0 radical (unpaired) electrons. The molecule has 1 aromatic rings. The van der Waals surface area contributed by atoms with E-state index in [4.69, 9.17) is 6.42 Å². The van der Waals surface area contributed by atoms with Gasteiger partial charge in [0.25, 0.3) is 10.2 Å². The van der Waals surface area contributed by atoms with Crippen molar-refractivity contribution in [2.75, 3.05) is 19.6 Å². The van der Waals surface area contributed by atoms with Crippen LogP contribution < -0.4 is 0 Å². The molecule has 20 heavy (non-hydrogen) atoms. The quantitative estimate of drug-likeness (QED) is 0.776. The molecule has 0 bridgehead atoms. The van der Waals surface area contributed by atoms with Crippen molar-refractivity contribution in [2.24, 2.45) is 0 Å². The lowest BCUT2D eigenvalue weighted by atomic mass is 10.1. The van der Waals surface area contributed by atoms with E-state index in [9.17, 15) is 8.42 Å². The SMILES string of the molecule is C#CCN(Cc1ccc(C)cc1)S(=O)(=O)N1CCCC1. The zero-order valence-corrected chi connectivity index (χ0v) is 12.6. The van der Waals surface area contributed by atoms with Crippen LogP contribution in [0.3, 0.4) is 0 Å². The molecule has 0 unspecified atom stereocenters. The van der Waals surface area contributed by atoms with Crippen molar-refractivity contribution in [1.29, 1.82) is 0 Å². The largest absolute Gasteiger partial charge is 0.283 e. The summed E-state index contributed by atoms with van der Waals surface area (Å²) in [6, 6.07) is 7.84. The van der Waals surface area contributed by atoms with Crippen molar-refractivity contribution in [3.8, 4) is 12.3 Å². The first kappa shape index (κ1) is 15.0. The van der Waals surface area contributed by atoms with E-state index < -0.39 is 10.2 Å². The summed E-state index contributed by atoms with van der Waals surface area (Å²) in [4.78, 5) is 0. The molecule has 0 spiro atoms. The highest BCUT2D eigenvalue weighted by atomic mass is 32.2. The Morgan fingerprint density at radius 3 is 2.40 bits per heavy atom. The molecule has 1 saturated heterocycles. The number of terminal acetylenes is 1. The van der Waals surface area contributed by atoms with Gasteiger partial charge in [-0.1, -0.05) is 35.7 Å². The maximum absolute atomic E-state index is 12.6. The number of benzene rings is 1. The fourth-order valence-electron chi connectivity index (χ4n) is 2.30. The summed E-state index contributed by atoms with van der Waals surface area (Å²) in [5.41, 5.74) is 2.10. The average Bonchev–Trinajstić information content (AvgIpc) is 2.95. The zero-order valence-electron chi connectivity index (χ0n) is 11.7. The molecule has 108 valence electrons. The third-order valence-corrected chi connectivity index (χ3v) is 5.39. The normalized spacial score (nSPS) is 16.4. The summed E-state index contributed by atoms with van der Waals surface area (Å²) in [6.45, 7) is 3.62. The fraction of sp³-hybridized carbons (Fsp3) is 0.467. The Hall–Kier alpha value is -1.35. The number of aryl methyl sites for hydroxylation is 1. The van der Waals surface area contributed by atoms with E-state index >= 15 is 0 Å². The fourth-order valence-corrected chi connectivity index (χ4v) is 3.90. The van der Waals surface area contributed by atoms with Crippen LogP contribution in [0.4, 0.5) is 0 Å². The summed E-state index contributed by atoms with van der Waals surface area (Å²) < 4.78 is 28.0. The standard InChI is InChI=1S/C15H20N2O2S/c1-3-10-17(13-15-8-6-14(2)7-9-15)20(18,19)16-11-4-5-12-16/h1,6-9H,4-5,10-13H2,2H3. The third-order valence-electron chi connectivity index (χ3n) is 3.46. The van der Waals surface area contributed by atoms with Crippen LogP contribution >= 0.6 is 0 Å². The smallest absolute Gasteiger partial charge is 0.195 e. The molecule has 4 nitrogen and oxygen atoms in total. The first-order valence-electron chi connectivity index (χ1n) is 6.78. The molecule has 0 aliphatic carbocycles. The van der Waals surface area contributed by atoms with Crippen LogP contribution in [0.2, 0.25) is 0 Å². The third kappa shape index (κ3) is 3.40. The van der Waals surface area contributed by atoms with Crippen molar-refractivity contribution in [3.05, 3.63) is 35.4 Å². The van der Waals surface area contributed by atoms with Crippen molar-refractivity contribution < 1.29 is 8.42 Å².